The molecular weight excluding hydrogens is 776 g/mol. The zero-order chi connectivity index (χ0) is 37.5. The molecule has 10 nitrogen and oxygen atoms in total. The number of hydrogen-bond donors (Lipinski definition) is 1. The number of benzene rings is 3. The Bertz CT molecular complexity index is 2130. The number of halogens is 7. The van der Waals surface area contributed by atoms with Gasteiger partial charge in [-0.2, -0.15) is 26.3 Å². The number of methoxy groups -OCH3 is 1. The van der Waals surface area contributed by atoms with Gasteiger partial charge in [-0.1, -0.05) is 28.1 Å². The SMILES string of the molecule is COc1ccc(Br)cc1C(C)C(=O)NS(=O)(=O)Cc1ccc(N2Cc3c(c(OCC(F)(F)F)c4cccnc4c3OCC(F)(F)F)C2=O)c(C)c1. The number of aryl methyl sites for hydroxylation is 1. The van der Waals surface area contributed by atoms with Gasteiger partial charge in [0, 0.05) is 32.9 Å². The number of amides is 2. The van der Waals surface area contributed by atoms with Crippen molar-refractivity contribution in [2.45, 2.75) is 44.4 Å². The summed E-state index contributed by atoms with van der Waals surface area (Å²) in [5.74, 6) is -3.85. The van der Waals surface area contributed by atoms with Gasteiger partial charge >= 0.3 is 12.4 Å². The molecule has 0 aliphatic carbocycles. The van der Waals surface area contributed by atoms with E-state index in [1.165, 1.54) is 57.5 Å². The first-order valence-corrected chi connectivity index (χ1v) is 17.3. The fraction of sp³-hybridized carbons (Fsp3) is 0.303. The molecule has 1 atom stereocenters. The van der Waals surface area contributed by atoms with Crippen molar-refractivity contribution in [3.8, 4) is 17.2 Å². The Morgan fingerprint density at radius 3 is 2.31 bits per heavy atom. The van der Waals surface area contributed by atoms with Gasteiger partial charge in [-0.15, -0.1) is 0 Å². The molecule has 0 saturated carbocycles. The maximum Gasteiger partial charge on any atom is 0.422 e. The van der Waals surface area contributed by atoms with Gasteiger partial charge in [0.25, 0.3) is 5.91 Å². The van der Waals surface area contributed by atoms with E-state index in [0.717, 1.165) is 4.90 Å². The summed E-state index contributed by atoms with van der Waals surface area (Å²) >= 11 is 3.32. The average Bonchev–Trinajstić information content (AvgIpc) is 3.37. The van der Waals surface area contributed by atoms with Crippen LogP contribution in [0, 0.1) is 6.92 Å². The van der Waals surface area contributed by atoms with Crippen LogP contribution in [0.5, 0.6) is 17.2 Å². The number of carbonyl (C=O) groups is 2. The third-order valence-electron chi connectivity index (χ3n) is 7.82. The molecule has 1 unspecified atom stereocenters. The third kappa shape index (κ3) is 8.49. The fourth-order valence-electron chi connectivity index (χ4n) is 5.64. The minimum atomic E-state index is -4.82. The van der Waals surface area contributed by atoms with E-state index in [1.807, 2.05) is 0 Å². The van der Waals surface area contributed by atoms with E-state index < -0.39 is 82.7 Å². The number of ether oxygens (including phenoxy) is 3. The lowest BCUT2D eigenvalue weighted by Crippen LogP contribution is -2.34. The lowest BCUT2D eigenvalue weighted by atomic mass is 10.00. The summed E-state index contributed by atoms with van der Waals surface area (Å²) in [5.41, 5.74) is 0.335. The van der Waals surface area contributed by atoms with Crippen LogP contribution < -0.4 is 23.8 Å². The summed E-state index contributed by atoms with van der Waals surface area (Å²) < 4.78 is 124. The molecule has 4 aromatic rings. The van der Waals surface area contributed by atoms with E-state index in [9.17, 15) is 44.3 Å². The summed E-state index contributed by atoms with van der Waals surface area (Å²) in [6, 6.07) is 11.7. The number of alkyl halides is 6. The standard InChI is InChI=1S/C33H28BrF6N3O7S/c1-17-11-19(14-51(46,47)42-30(44)18(2)22-12-20(34)7-9-25(22)48-3)6-8-24(17)43-13-23-26(31(43)45)28(49-15-32(35,36)37)21-5-4-10-41-27(21)29(23)50-16-33(38,39)40/h4-12,18H,13-16H2,1-3H3,(H,42,44). The Labute approximate surface area is 295 Å². The highest BCUT2D eigenvalue weighted by atomic mass is 79.9. The van der Waals surface area contributed by atoms with Crippen molar-refractivity contribution < 1.29 is 58.6 Å². The summed E-state index contributed by atoms with van der Waals surface area (Å²) in [6.45, 7) is -0.954. The number of pyridine rings is 1. The van der Waals surface area contributed by atoms with Crippen LogP contribution in [0.2, 0.25) is 0 Å². The lowest BCUT2D eigenvalue weighted by Gasteiger charge is -2.20. The van der Waals surface area contributed by atoms with E-state index in [-0.39, 0.29) is 27.7 Å². The summed E-state index contributed by atoms with van der Waals surface area (Å²) in [5, 5.41) is -0.167. The molecule has 1 aliphatic heterocycles. The van der Waals surface area contributed by atoms with Gasteiger partial charge in [-0.05, 0) is 61.4 Å². The Balaban J connectivity index is 1.44. The molecule has 1 aromatic heterocycles. The highest BCUT2D eigenvalue weighted by Crippen LogP contribution is 2.46. The van der Waals surface area contributed by atoms with Crippen LogP contribution in [-0.2, 0) is 27.1 Å². The molecule has 2 amide bonds. The minimum absolute atomic E-state index is 0.167. The molecule has 1 aliphatic rings. The molecular formula is C33H28BrF6N3O7S. The number of rotatable bonds is 11. The van der Waals surface area contributed by atoms with Gasteiger partial charge in [-0.25, -0.2) is 8.42 Å². The molecule has 272 valence electrons. The Morgan fingerprint density at radius 2 is 1.69 bits per heavy atom. The predicted octanol–water partition coefficient (Wildman–Crippen LogP) is 7.11. The molecule has 0 saturated heterocycles. The van der Waals surface area contributed by atoms with Crippen molar-refractivity contribution in [1.29, 1.82) is 0 Å². The number of anilines is 1. The molecule has 0 spiro atoms. The smallest absolute Gasteiger partial charge is 0.422 e. The third-order valence-corrected chi connectivity index (χ3v) is 9.54. The summed E-state index contributed by atoms with van der Waals surface area (Å²) in [4.78, 5) is 32.0. The van der Waals surface area contributed by atoms with Crippen LogP contribution in [0.3, 0.4) is 0 Å². The van der Waals surface area contributed by atoms with Crippen LogP contribution >= 0.6 is 15.9 Å². The second-order valence-corrected chi connectivity index (χ2v) is 14.2. The molecule has 0 radical (unpaired) electrons. The average molecular weight is 805 g/mol. The molecule has 51 heavy (non-hydrogen) atoms. The highest BCUT2D eigenvalue weighted by Gasteiger charge is 2.40. The first-order chi connectivity index (χ1) is 23.8. The van der Waals surface area contributed by atoms with Crippen molar-refractivity contribution in [2.75, 3.05) is 25.2 Å². The van der Waals surface area contributed by atoms with Gasteiger partial charge in [0.15, 0.2) is 19.0 Å². The van der Waals surface area contributed by atoms with Crippen molar-refractivity contribution in [1.82, 2.24) is 9.71 Å². The van der Waals surface area contributed by atoms with Crippen molar-refractivity contribution in [2.24, 2.45) is 0 Å². The summed E-state index contributed by atoms with van der Waals surface area (Å²) in [7, 11) is -2.83. The fourth-order valence-corrected chi connectivity index (χ4v) is 7.19. The Morgan fingerprint density at radius 1 is 1.02 bits per heavy atom. The zero-order valence-electron chi connectivity index (χ0n) is 26.9. The molecule has 2 heterocycles. The lowest BCUT2D eigenvalue weighted by molar-refractivity contribution is -0.154. The highest BCUT2D eigenvalue weighted by molar-refractivity contribution is 9.10. The topological polar surface area (TPSA) is 124 Å². The van der Waals surface area contributed by atoms with Crippen LogP contribution in [-0.4, -0.2) is 57.9 Å². The zero-order valence-corrected chi connectivity index (χ0v) is 29.3. The first-order valence-electron chi connectivity index (χ1n) is 14.9. The van der Waals surface area contributed by atoms with E-state index in [2.05, 4.69) is 25.6 Å². The van der Waals surface area contributed by atoms with Crippen LogP contribution in [0.1, 0.15) is 45.5 Å². The second kappa shape index (κ2) is 14.2. The number of carbonyl (C=O) groups excluding carboxylic acids is 2. The first kappa shape index (κ1) is 37.7. The van der Waals surface area contributed by atoms with E-state index in [0.29, 0.717) is 21.3 Å². The predicted molar refractivity (Wildman–Crippen MR) is 176 cm³/mol. The normalized spacial score (nSPS) is 14.0. The van der Waals surface area contributed by atoms with E-state index >= 15 is 0 Å². The van der Waals surface area contributed by atoms with E-state index in [4.69, 9.17) is 14.2 Å². The van der Waals surface area contributed by atoms with Crippen molar-refractivity contribution in [3.63, 3.8) is 0 Å². The molecule has 0 fully saturated rings. The second-order valence-electron chi connectivity index (χ2n) is 11.6. The van der Waals surface area contributed by atoms with Gasteiger partial charge in [0.2, 0.25) is 15.9 Å². The molecule has 18 heteroatoms. The van der Waals surface area contributed by atoms with Crippen LogP contribution in [0.25, 0.3) is 10.9 Å². The maximum atomic E-state index is 13.9. The number of nitrogens with zero attached hydrogens (tertiary/aromatic N) is 2. The van der Waals surface area contributed by atoms with Crippen molar-refractivity contribution >= 4 is 54.4 Å². The van der Waals surface area contributed by atoms with Gasteiger partial charge in [-0.3, -0.25) is 19.3 Å². The maximum absolute atomic E-state index is 13.9. The Hall–Kier alpha value is -4.58. The van der Waals surface area contributed by atoms with Crippen LogP contribution in [0.4, 0.5) is 32.0 Å². The van der Waals surface area contributed by atoms with Crippen LogP contribution in [0.15, 0.2) is 59.2 Å². The molecule has 0 bridgehead atoms. The number of sulfonamides is 1. The number of fused-ring (bicyclic) bond motifs is 2. The van der Waals surface area contributed by atoms with Gasteiger partial charge < -0.3 is 19.1 Å². The molecule has 3 aromatic carbocycles. The number of nitrogens with one attached hydrogen (secondary N) is 1. The monoisotopic (exact) mass is 803 g/mol. The largest absolute Gasteiger partial charge is 0.496 e. The van der Waals surface area contributed by atoms with E-state index in [1.54, 1.807) is 18.2 Å². The molecule has 1 N–H and O–H groups in total. The quantitative estimate of drug-likeness (QED) is 0.159. The Kier molecular flexibility index (Phi) is 10.5. The number of hydrogen-bond acceptors (Lipinski definition) is 8. The minimum Gasteiger partial charge on any atom is -0.496 e. The summed E-state index contributed by atoms with van der Waals surface area (Å²) in [6.07, 6.45) is -8.41. The number of aromatic nitrogens is 1. The molecule has 5 rings (SSSR count). The van der Waals surface area contributed by atoms with Gasteiger partial charge in [0.1, 0.15) is 17.0 Å². The van der Waals surface area contributed by atoms with Crippen molar-refractivity contribution in [3.05, 3.63) is 87.0 Å². The van der Waals surface area contributed by atoms with Gasteiger partial charge in [0.05, 0.1) is 30.9 Å².